The molecule has 0 saturated carbocycles. The van der Waals surface area contributed by atoms with Gasteiger partial charge in [-0.1, -0.05) is 0 Å². The Morgan fingerprint density at radius 1 is 1.00 bits per heavy atom. The van der Waals surface area contributed by atoms with Crippen molar-refractivity contribution in [2.75, 3.05) is 11.5 Å². The summed E-state index contributed by atoms with van der Waals surface area (Å²) in [5, 5.41) is 6.55. The van der Waals surface area contributed by atoms with Crippen molar-refractivity contribution in [3.8, 4) is 0 Å². The van der Waals surface area contributed by atoms with E-state index in [0.717, 1.165) is 0 Å². The lowest BCUT2D eigenvalue weighted by atomic mass is 10.4. The van der Waals surface area contributed by atoms with E-state index >= 15 is 0 Å². The van der Waals surface area contributed by atoms with Gasteiger partial charge < -0.3 is 0 Å². The van der Waals surface area contributed by atoms with Gasteiger partial charge in [-0.3, -0.25) is 0 Å². The number of nitrogens with zero attached hydrogens (tertiary/aromatic N) is 3. The maximum Gasteiger partial charge on any atom is 0.267 e. The second-order valence-corrected chi connectivity index (χ2v) is 8.23. The van der Waals surface area contributed by atoms with E-state index in [4.69, 9.17) is 10.7 Å². The van der Waals surface area contributed by atoms with E-state index in [1.807, 2.05) is 0 Å². The van der Waals surface area contributed by atoms with Gasteiger partial charge >= 0.3 is 0 Å². The van der Waals surface area contributed by atoms with Gasteiger partial charge in [-0.15, -0.1) is 5.10 Å². The topological polar surface area (TPSA) is 107 Å². The SMILES string of the molecule is Cc1nnc(S(=O)(=O)CCS(=O)(=O)Cl)nc1C. The number of aromatic nitrogens is 3. The van der Waals surface area contributed by atoms with Crippen molar-refractivity contribution >= 4 is 29.6 Å². The molecule has 0 N–H and O–H groups in total. The van der Waals surface area contributed by atoms with Gasteiger partial charge in [0.05, 0.1) is 22.9 Å². The van der Waals surface area contributed by atoms with Crippen molar-refractivity contribution in [1.29, 1.82) is 0 Å². The average molecular weight is 300 g/mol. The van der Waals surface area contributed by atoms with E-state index < -0.39 is 35.6 Å². The van der Waals surface area contributed by atoms with Crippen molar-refractivity contribution in [2.24, 2.45) is 0 Å². The highest BCUT2D eigenvalue weighted by molar-refractivity contribution is 8.14. The van der Waals surface area contributed by atoms with E-state index in [0.29, 0.717) is 11.4 Å². The van der Waals surface area contributed by atoms with Crippen molar-refractivity contribution in [1.82, 2.24) is 15.2 Å². The maximum absolute atomic E-state index is 11.7. The molecule has 1 aromatic heterocycles. The standard InChI is InChI=1S/C7H10ClN3O4S2/c1-5-6(2)10-11-7(9-5)16(12,13)3-4-17(8,14)15/h3-4H2,1-2H3. The zero-order chi connectivity index (χ0) is 13.3. The van der Waals surface area contributed by atoms with Gasteiger partial charge in [0, 0.05) is 10.7 Å². The van der Waals surface area contributed by atoms with Crippen LogP contribution in [-0.4, -0.2) is 43.5 Å². The first-order chi connectivity index (χ1) is 7.62. The summed E-state index contributed by atoms with van der Waals surface area (Å²) in [6.07, 6.45) is 0. The number of halogens is 1. The van der Waals surface area contributed by atoms with Gasteiger partial charge in [-0.2, -0.15) is 5.10 Å². The molecule has 96 valence electrons. The molecule has 0 aromatic carbocycles. The molecule has 7 nitrogen and oxygen atoms in total. The molecule has 0 aliphatic rings. The van der Waals surface area contributed by atoms with Crippen LogP contribution in [-0.2, 0) is 18.9 Å². The third-order valence-corrected chi connectivity index (χ3v) is 4.83. The molecule has 10 heteroatoms. The molecule has 1 aromatic rings. The molecule has 0 aliphatic heterocycles. The Bertz CT molecular complexity index is 627. The highest BCUT2D eigenvalue weighted by Crippen LogP contribution is 2.08. The van der Waals surface area contributed by atoms with Gasteiger partial charge in [0.15, 0.2) is 0 Å². The van der Waals surface area contributed by atoms with E-state index in [-0.39, 0.29) is 0 Å². The van der Waals surface area contributed by atoms with Gasteiger partial charge in [-0.25, -0.2) is 21.8 Å². The molecule has 0 radical (unpaired) electrons. The molecular formula is C7H10ClN3O4S2. The van der Waals surface area contributed by atoms with Gasteiger partial charge in [0.2, 0.25) is 18.9 Å². The van der Waals surface area contributed by atoms with Crippen LogP contribution in [0.25, 0.3) is 0 Å². The molecule has 0 bridgehead atoms. The Morgan fingerprint density at radius 2 is 1.59 bits per heavy atom. The van der Waals surface area contributed by atoms with Gasteiger partial charge in [0.1, 0.15) is 0 Å². The zero-order valence-corrected chi connectivity index (χ0v) is 11.5. The summed E-state index contributed by atoms with van der Waals surface area (Å²) in [6.45, 7) is 3.22. The quantitative estimate of drug-likeness (QED) is 0.710. The number of hydrogen-bond donors (Lipinski definition) is 0. The second kappa shape index (κ2) is 4.83. The lowest BCUT2D eigenvalue weighted by molar-refractivity contribution is 0.579. The van der Waals surface area contributed by atoms with Crippen molar-refractivity contribution in [3.05, 3.63) is 11.4 Å². The highest BCUT2D eigenvalue weighted by Gasteiger charge is 2.22. The van der Waals surface area contributed by atoms with Gasteiger partial charge in [0.25, 0.3) is 5.16 Å². The Kier molecular flexibility index (Phi) is 4.05. The largest absolute Gasteiger partial charge is 0.267 e. The van der Waals surface area contributed by atoms with E-state index in [1.54, 1.807) is 13.8 Å². The summed E-state index contributed by atoms with van der Waals surface area (Å²) in [5.74, 6) is -1.35. The molecule has 0 unspecified atom stereocenters. The van der Waals surface area contributed by atoms with E-state index in [1.165, 1.54) is 0 Å². The lowest BCUT2D eigenvalue weighted by Crippen LogP contribution is -2.18. The number of aryl methyl sites for hydroxylation is 2. The molecule has 1 rings (SSSR count). The minimum absolute atomic E-state index is 0.423. The predicted octanol–water partition coefficient (Wildman–Crippen LogP) is -0.169. The van der Waals surface area contributed by atoms with Crippen LogP contribution in [0.4, 0.5) is 0 Å². The minimum Gasteiger partial charge on any atom is -0.220 e. The van der Waals surface area contributed by atoms with Crippen molar-refractivity contribution in [3.63, 3.8) is 0 Å². The van der Waals surface area contributed by atoms with Crippen LogP contribution in [0.1, 0.15) is 11.4 Å². The number of sulfone groups is 1. The number of hydrogen-bond acceptors (Lipinski definition) is 7. The summed E-state index contributed by atoms with van der Waals surface area (Å²) < 4.78 is 44.7. The third kappa shape index (κ3) is 4.17. The fraction of sp³-hybridized carbons (Fsp3) is 0.571. The van der Waals surface area contributed by atoms with Crippen LogP contribution in [0.15, 0.2) is 5.16 Å². The Labute approximate surface area is 104 Å². The molecule has 0 aliphatic carbocycles. The van der Waals surface area contributed by atoms with Crippen LogP contribution in [0.2, 0.25) is 0 Å². The molecule has 0 amide bonds. The van der Waals surface area contributed by atoms with E-state index in [2.05, 4.69) is 15.2 Å². The van der Waals surface area contributed by atoms with Crippen LogP contribution in [0, 0.1) is 13.8 Å². The lowest BCUT2D eigenvalue weighted by Gasteiger charge is -2.02. The first-order valence-electron chi connectivity index (χ1n) is 4.45. The molecule has 0 fully saturated rings. The van der Waals surface area contributed by atoms with Crippen LogP contribution < -0.4 is 0 Å². The molecule has 0 spiro atoms. The normalized spacial score (nSPS) is 12.6. The summed E-state index contributed by atoms with van der Waals surface area (Å²) >= 11 is 0. The Morgan fingerprint density at radius 3 is 2.06 bits per heavy atom. The minimum atomic E-state index is -3.88. The Hall–Kier alpha value is -0.800. The maximum atomic E-state index is 11.7. The highest BCUT2D eigenvalue weighted by atomic mass is 35.7. The third-order valence-electron chi connectivity index (χ3n) is 1.95. The Balaban J connectivity index is 3.02. The first kappa shape index (κ1) is 14.3. The van der Waals surface area contributed by atoms with Crippen LogP contribution in [0.3, 0.4) is 0 Å². The zero-order valence-electron chi connectivity index (χ0n) is 9.08. The molecule has 0 atom stereocenters. The molecular weight excluding hydrogens is 290 g/mol. The van der Waals surface area contributed by atoms with E-state index in [9.17, 15) is 16.8 Å². The fourth-order valence-corrected chi connectivity index (χ4v) is 3.73. The molecule has 1 heterocycles. The van der Waals surface area contributed by atoms with Gasteiger partial charge in [-0.05, 0) is 13.8 Å². The monoisotopic (exact) mass is 299 g/mol. The first-order valence-corrected chi connectivity index (χ1v) is 8.58. The molecule has 17 heavy (non-hydrogen) atoms. The second-order valence-electron chi connectivity index (χ2n) is 3.33. The average Bonchev–Trinajstić information content (AvgIpc) is 2.18. The number of rotatable bonds is 4. The summed E-state index contributed by atoms with van der Waals surface area (Å²) in [7, 11) is -2.81. The smallest absolute Gasteiger partial charge is 0.220 e. The molecule has 0 saturated heterocycles. The predicted molar refractivity (Wildman–Crippen MR) is 61.0 cm³/mol. The summed E-state index contributed by atoms with van der Waals surface area (Å²) in [4.78, 5) is 3.75. The fourth-order valence-electron chi connectivity index (χ4n) is 0.869. The summed E-state index contributed by atoms with van der Waals surface area (Å²) in [6, 6.07) is 0. The van der Waals surface area contributed by atoms with Crippen LogP contribution >= 0.6 is 10.7 Å². The summed E-state index contributed by atoms with van der Waals surface area (Å²) in [5.41, 5.74) is 0.932. The van der Waals surface area contributed by atoms with Crippen LogP contribution in [0.5, 0.6) is 0 Å². The van der Waals surface area contributed by atoms with Crippen molar-refractivity contribution < 1.29 is 16.8 Å². The van der Waals surface area contributed by atoms with Crippen molar-refractivity contribution in [2.45, 2.75) is 19.0 Å².